The van der Waals surface area contributed by atoms with Gasteiger partial charge in [0.15, 0.2) is 0 Å². The smallest absolute Gasteiger partial charge is 0.143 e. The summed E-state index contributed by atoms with van der Waals surface area (Å²) >= 11 is 0. The molecule has 0 amide bonds. The summed E-state index contributed by atoms with van der Waals surface area (Å²) in [6, 6.07) is 14.9. The molecule has 0 aliphatic carbocycles. The minimum Gasteiger partial charge on any atom is -0.456 e. The Morgan fingerprint density at radius 1 is 0.449 bits per heavy atom. The minimum absolute atomic E-state index is 0.0280. The van der Waals surface area contributed by atoms with E-state index in [1.807, 2.05) is 36.4 Å². The standard InChI is InChI=1S/C46H29NO2/c1-2-11-30(12-3-1)33-14-8-15-35(29-33)47(40-19-10-22-43-45(40)39-28-25-31-13-4-5-16-37(31)46(39)49-43)34-26-23-32(24-27-34)36-18-9-21-42-44(36)38-17-6-7-20-41(38)48-42/h1-29H/i6D,7D,8D,9D,14D,15D,17D,18D,20D,21D,23D,24D,26D,27D,29D. The topological polar surface area (TPSA) is 29.5 Å². The highest BCUT2D eigenvalue weighted by Gasteiger charge is 2.21. The Morgan fingerprint density at radius 2 is 1.27 bits per heavy atom. The SMILES string of the molecule is [2H]c1c([2H])c(-c2ccccc2)c([2H])c(N(c2c([2H])c([2H])c(-c3c([2H])c([2H])c([2H])c4oc5c([2H])c([2H])c([2H])c([2H])c5c34)c([2H])c2[2H])c2cccc3oc4c5ccccc5ccc4c23)c1[2H]. The molecular weight excluding hydrogens is 599 g/mol. The molecule has 2 heterocycles. The second kappa shape index (κ2) is 11.0. The van der Waals surface area contributed by atoms with Crippen LogP contribution in [0.4, 0.5) is 17.1 Å². The fourth-order valence-electron chi connectivity index (χ4n) is 6.36. The van der Waals surface area contributed by atoms with E-state index in [4.69, 9.17) is 21.2 Å². The highest BCUT2D eigenvalue weighted by Crippen LogP contribution is 2.45. The molecule has 3 heteroatoms. The van der Waals surface area contributed by atoms with Crippen LogP contribution in [0.5, 0.6) is 0 Å². The summed E-state index contributed by atoms with van der Waals surface area (Å²) in [5.74, 6) is 0. The summed E-state index contributed by atoms with van der Waals surface area (Å²) in [7, 11) is 0. The Labute approximate surface area is 303 Å². The number of furan rings is 2. The summed E-state index contributed by atoms with van der Waals surface area (Å²) in [6.07, 6.45) is 0. The van der Waals surface area contributed by atoms with Gasteiger partial charge in [-0.25, -0.2) is 0 Å². The van der Waals surface area contributed by atoms with Crippen LogP contribution in [0.3, 0.4) is 0 Å². The third-order valence-electron chi connectivity index (χ3n) is 8.54. The predicted molar refractivity (Wildman–Crippen MR) is 204 cm³/mol. The first-order valence-corrected chi connectivity index (χ1v) is 15.4. The number of rotatable bonds is 5. The minimum atomic E-state index is -0.775. The first-order chi connectivity index (χ1) is 30.6. The first-order valence-electron chi connectivity index (χ1n) is 22.9. The Kier molecular flexibility index (Phi) is 3.70. The molecule has 49 heavy (non-hydrogen) atoms. The second-order valence-electron chi connectivity index (χ2n) is 11.3. The zero-order valence-corrected chi connectivity index (χ0v) is 25.3. The van der Waals surface area contributed by atoms with E-state index >= 15 is 0 Å². The molecule has 3 nitrogen and oxygen atoms in total. The number of benzene rings is 8. The monoisotopic (exact) mass is 642 g/mol. The van der Waals surface area contributed by atoms with E-state index in [9.17, 15) is 8.22 Å². The van der Waals surface area contributed by atoms with Gasteiger partial charge in [-0.1, -0.05) is 121 Å². The van der Waals surface area contributed by atoms with E-state index < -0.39 is 119 Å². The zero-order chi connectivity index (χ0) is 45.4. The van der Waals surface area contributed by atoms with Crippen LogP contribution in [0.2, 0.25) is 0 Å². The van der Waals surface area contributed by atoms with Gasteiger partial charge >= 0.3 is 0 Å². The van der Waals surface area contributed by atoms with Crippen LogP contribution in [0.1, 0.15) is 20.6 Å². The second-order valence-corrected chi connectivity index (χ2v) is 11.3. The molecule has 0 unspecified atom stereocenters. The molecule has 0 N–H and O–H groups in total. The lowest BCUT2D eigenvalue weighted by atomic mass is 9.98. The van der Waals surface area contributed by atoms with Crippen LogP contribution >= 0.6 is 0 Å². The number of fused-ring (bicyclic) bond motifs is 8. The zero-order valence-electron chi connectivity index (χ0n) is 40.3. The van der Waals surface area contributed by atoms with Gasteiger partial charge in [0, 0.05) is 32.9 Å². The van der Waals surface area contributed by atoms with Gasteiger partial charge < -0.3 is 13.7 Å². The van der Waals surface area contributed by atoms with Gasteiger partial charge in [0.25, 0.3) is 0 Å². The Hall–Kier alpha value is -6.58. The van der Waals surface area contributed by atoms with Crippen LogP contribution in [0, 0.1) is 0 Å². The molecule has 0 saturated carbocycles. The summed E-state index contributed by atoms with van der Waals surface area (Å²) in [4.78, 5) is 1.20. The van der Waals surface area contributed by atoms with Crippen molar-refractivity contribution in [3.8, 4) is 22.3 Å². The summed E-state index contributed by atoms with van der Waals surface area (Å²) in [5, 5.41) is 2.06. The number of hydrogen-bond acceptors (Lipinski definition) is 3. The maximum atomic E-state index is 9.73. The third kappa shape index (κ3) is 4.44. The van der Waals surface area contributed by atoms with E-state index in [1.165, 1.54) is 4.90 Å². The van der Waals surface area contributed by atoms with Gasteiger partial charge in [-0.2, -0.15) is 0 Å². The Balaban J connectivity index is 1.36. The van der Waals surface area contributed by atoms with Crippen molar-refractivity contribution in [2.45, 2.75) is 0 Å². The lowest BCUT2D eigenvalue weighted by Gasteiger charge is -2.27. The molecule has 10 aromatic rings. The van der Waals surface area contributed by atoms with E-state index in [2.05, 4.69) is 0 Å². The van der Waals surface area contributed by atoms with Gasteiger partial charge in [0.1, 0.15) is 22.3 Å². The average Bonchev–Trinajstić information content (AvgIpc) is 3.89. The van der Waals surface area contributed by atoms with Crippen molar-refractivity contribution in [3.05, 3.63) is 176 Å². The fraction of sp³-hybridized carbons (Fsp3) is 0. The Bertz CT molecular complexity index is 3670. The maximum absolute atomic E-state index is 9.73. The number of nitrogens with zero attached hydrogens (tertiary/aromatic N) is 1. The maximum Gasteiger partial charge on any atom is 0.143 e. The highest BCUT2D eigenvalue weighted by atomic mass is 16.3. The number of hydrogen-bond donors (Lipinski definition) is 0. The van der Waals surface area contributed by atoms with Gasteiger partial charge in [0.2, 0.25) is 0 Å². The lowest BCUT2D eigenvalue weighted by molar-refractivity contribution is 0.669. The van der Waals surface area contributed by atoms with Crippen LogP contribution < -0.4 is 4.90 Å². The van der Waals surface area contributed by atoms with Crippen molar-refractivity contribution < 1.29 is 29.4 Å². The van der Waals surface area contributed by atoms with E-state index in [1.54, 1.807) is 48.5 Å². The molecule has 10 rings (SSSR count). The molecule has 0 radical (unpaired) electrons. The molecule has 0 aliphatic rings. The number of anilines is 3. The molecule has 230 valence electrons. The van der Waals surface area contributed by atoms with Crippen LogP contribution in [0.15, 0.2) is 184 Å². The largest absolute Gasteiger partial charge is 0.456 e. The van der Waals surface area contributed by atoms with Gasteiger partial charge in [0.05, 0.1) is 31.6 Å². The third-order valence-corrected chi connectivity index (χ3v) is 8.54. The van der Waals surface area contributed by atoms with Gasteiger partial charge in [-0.15, -0.1) is 0 Å². The van der Waals surface area contributed by atoms with Crippen molar-refractivity contribution in [3.63, 3.8) is 0 Å². The molecule has 8 aromatic carbocycles. The van der Waals surface area contributed by atoms with Crippen LogP contribution in [0.25, 0.3) is 76.9 Å². The summed E-state index contributed by atoms with van der Waals surface area (Å²) in [6.45, 7) is 0. The molecule has 0 spiro atoms. The molecule has 0 atom stereocenters. The lowest BCUT2D eigenvalue weighted by Crippen LogP contribution is -2.10. The molecular formula is C46H29NO2. The van der Waals surface area contributed by atoms with Crippen LogP contribution in [-0.4, -0.2) is 0 Å². The average molecular weight is 643 g/mol. The molecule has 0 bridgehead atoms. The van der Waals surface area contributed by atoms with E-state index in [0.29, 0.717) is 27.5 Å². The molecule has 2 aromatic heterocycles. The van der Waals surface area contributed by atoms with Crippen molar-refractivity contribution in [2.75, 3.05) is 4.90 Å². The molecule has 0 fully saturated rings. The van der Waals surface area contributed by atoms with Crippen LogP contribution in [-0.2, 0) is 0 Å². The van der Waals surface area contributed by atoms with E-state index in [-0.39, 0.29) is 27.7 Å². The van der Waals surface area contributed by atoms with Crippen molar-refractivity contribution >= 4 is 71.7 Å². The quantitative estimate of drug-likeness (QED) is 0.187. The fourth-order valence-corrected chi connectivity index (χ4v) is 6.36. The molecule has 0 saturated heterocycles. The van der Waals surface area contributed by atoms with Gasteiger partial charge in [-0.05, 0) is 82.1 Å². The van der Waals surface area contributed by atoms with Crippen molar-refractivity contribution in [1.29, 1.82) is 0 Å². The van der Waals surface area contributed by atoms with Crippen molar-refractivity contribution in [1.82, 2.24) is 0 Å². The van der Waals surface area contributed by atoms with E-state index in [0.717, 1.165) is 10.8 Å². The highest BCUT2D eigenvalue weighted by molar-refractivity contribution is 6.19. The van der Waals surface area contributed by atoms with Crippen molar-refractivity contribution in [2.24, 2.45) is 0 Å². The first kappa shape index (κ1) is 16.5. The normalized spacial score (nSPS) is 16.0. The summed E-state index contributed by atoms with van der Waals surface area (Å²) in [5.41, 5.74) is -1.30. The summed E-state index contributed by atoms with van der Waals surface area (Å²) < 4.78 is 148. The predicted octanol–water partition coefficient (Wildman–Crippen LogP) is 13.4. The van der Waals surface area contributed by atoms with Gasteiger partial charge in [-0.3, -0.25) is 0 Å². The Morgan fingerprint density at radius 3 is 2.18 bits per heavy atom. The molecule has 0 aliphatic heterocycles. The number of para-hydroxylation sites is 1.